The van der Waals surface area contributed by atoms with E-state index in [2.05, 4.69) is 29.2 Å². The molecule has 3 rings (SSSR count). The van der Waals surface area contributed by atoms with E-state index >= 15 is 0 Å². The minimum atomic E-state index is -1.82. The van der Waals surface area contributed by atoms with Crippen molar-refractivity contribution in [2.75, 3.05) is 44.8 Å². The molecule has 1 saturated heterocycles. The van der Waals surface area contributed by atoms with E-state index in [0.29, 0.717) is 19.8 Å². The highest BCUT2D eigenvalue weighted by Gasteiger charge is 2.17. The molecule has 2 aromatic carbocycles. The molecule has 0 aromatic heterocycles. The zero-order valence-corrected chi connectivity index (χ0v) is 17.4. The van der Waals surface area contributed by atoms with Crippen LogP contribution in [0.3, 0.4) is 0 Å². The van der Waals surface area contributed by atoms with Crippen LogP contribution >= 0.6 is 11.8 Å². The molecule has 30 heavy (non-hydrogen) atoms. The lowest BCUT2D eigenvalue weighted by molar-refractivity contribution is -0.159. The number of aliphatic carboxylic acids is 2. The van der Waals surface area contributed by atoms with Crippen LogP contribution in [0.5, 0.6) is 0 Å². The number of nitrogens with zero attached hydrogens (tertiary/aromatic N) is 2. The molecule has 1 aliphatic rings. The molecule has 1 fully saturated rings. The number of morpholine rings is 1. The van der Waals surface area contributed by atoms with Crippen LogP contribution < -0.4 is 4.90 Å². The van der Waals surface area contributed by atoms with Crippen LogP contribution in [0, 0.1) is 0 Å². The molecule has 0 bridgehead atoms. The van der Waals surface area contributed by atoms with Gasteiger partial charge in [0.2, 0.25) is 5.91 Å². The van der Waals surface area contributed by atoms with Crippen molar-refractivity contribution in [1.82, 2.24) is 4.90 Å². The highest BCUT2D eigenvalue weighted by atomic mass is 32.2. The second-order valence-corrected chi connectivity index (χ2v) is 7.51. The SMILES string of the molecule is CN(C(=O)CN1CCOCC1)c1ccc(Sc2ccccc2)cc1.O=C(O)C(=O)O. The van der Waals surface area contributed by atoms with E-state index in [9.17, 15) is 4.79 Å². The highest BCUT2D eigenvalue weighted by Crippen LogP contribution is 2.28. The number of carboxylic acids is 2. The van der Waals surface area contributed by atoms with Crippen molar-refractivity contribution in [3.05, 3.63) is 54.6 Å². The van der Waals surface area contributed by atoms with Gasteiger partial charge in [-0.15, -0.1) is 0 Å². The fraction of sp³-hybridized carbons (Fsp3) is 0.286. The number of anilines is 1. The lowest BCUT2D eigenvalue weighted by Gasteiger charge is -2.28. The van der Waals surface area contributed by atoms with Crippen LogP contribution in [-0.2, 0) is 19.1 Å². The van der Waals surface area contributed by atoms with Crippen molar-refractivity contribution < 1.29 is 29.3 Å². The molecular formula is C21H24N2O6S. The van der Waals surface area contributed by atoms with Crippen molar-refractivity contribution in [3.63, 3.8) is 0 Å². The van der Waals surface area contributed by atoms with Crippen molar-refractivity contribution >= 4 is 35.3 Å². The Hall–Kier alpha value is -2.88. The van der Waals surface area contributed by atoms with Gasteiger partial charge in [0, 0.05) is 35.6 Å². The molecule has 1 aliphatic heterocycles. The monoisotopic (exact) mass is 432 g/mol. The van der Waals surface area contributed by atoms with E-state index in [1.807, 2.05) is 37.4 Å². The van der Waals surface area contributed by atoms with Crippen molar-refractivity contribution in [2.45, 2.75) is 9.79 Å². The van der Waals surface area contributed by atoms with Gasteiger partial charge in [0.05, 0.1) is 19.8 Å². The van der Waals surface area contributed by atoms with Crippen LogP contribution in [-0.4, -0.2) is 72.9 Å². The van der Waals surface area contributed by atoms with Crippen LogP contribution in [0.25, 0.3) is 0 Å². The normalized spacial score (nSPS) is 13.6. The van der Waals surface area contributed by atoms with Crippen LogP contribution in [0.2, 0.25) is 0 Å². The number of carboxylic acid groups (broad SMARTS) is 2. The van der Waals surface area contributed by atoms with Gasteiger partial charge in [0.1, 0.15) is 0 Å². The topological polar surface area (TPSA) is 107 Å². The summed E-state index contributed by atoms with van der Waals surface area (Å²) >= 11 is 1.72. The first-order valence-corrected chi connectivity index (χ1v) is 10.0. The van der Waals surface area contributed by atoms with Crippen molar-refractivity contribution in [3.8, 4) is 0 Å². The maximum absolute atomic E-state index is 12.4. The molecule has 2 aromatic rings. The third-order valence-corrected chi connectivity index (χ3v) is 5.24. The third-order valence-electron chi connectivity index (χ3n) is 4.22. The van der Waals surface area contributed by atoms with E-state index in [-0.39, 0.29) is 5.91 Å². The van der Waals surface area contributed by atoms with Gasteiger partial charge < -0.3 is 19.8 Å². The molecule has 2 N–H and O–H groups in total. The Morgan fingerprint density at radius 3 is 2.00 bits per heavy atom. The van der Waals surface area contributed by atoms with Gasteiger partial charge in [-0.05, 0) is 36.4 Å². The van der Waals surface area contributed by atoms with Gasteiger partial charge in [-0.25, -0.2) is 9.59 Å². The first kappa shape index (κ1) is 23.4. The predicted octanol–water partition coefficient (Wildman–Crippen LogP) is 2.29. The summed E-state index contributed by atoms with van der Waals surface area (Å²) in [6, 6.07) is 18.4. The average Bonchev–Trinajstić information content (AvgIpc) is 2.75. The maximum Gasteiger partial charge on any atom is 0.414 e. The highest BCUT2D eigenvalue weighted by molar-refractivity contribution is 7.99. The summed E-state index contributed by atoms with van der Waals surface area (Å²) < 4.78 is 5.32. The zero-order chi connectivity index (χ0) is 21.9. The summed E-state index contributed by atoms with van der Waals surface area (Å²) in [6.07, 6.45) is 0. The number of likely N-dealkylation sites (N-methyl/N-ethyl adjacent to an activating group) is 1. The second-order valence-electron chi connectivity index (χ2n) is 6.36. The van der Waals surface area contributed by atoms with E-state index in [1.165, 1.54) is 9.79 Å². The van der Waals surface area contributed by atoms with E-state index in [0.717, 1.165) is 18.8 Å². The first-order valence-electron chi connectivity index (χ1n) is 9.22. The number of ether oxygens (including phenoxy) is 1. The lowest BCUT2D eigenvalue weighted by atomic mass is 10.3. The Morgan fingerprint density at radius 2 is 1.47 bits per heavy atom. The summed E-state index contributed by atoms with van der Waals surface area (Å²) in [6.45, 7) is 3.52. The molecule has 0 aliphatic carbocycles. The number of amides is 1. The standard InChI is InChI=1S/C19H22N2O2S.C2H2O4/c1-20(19(22)15-21-11-13-23-14-12-21)16-7-9-18(10-8-16)24-17-5-3-2-4-6-17;3-1(4)2(5)6/h2-10H,11-15H2,1H3;(H,3,4)(H,5,6). The Bertz CT molecular complexity index is 826. The number of carbonyl (C=O) groups excluding carboxylic acids is 1. The Labute approximate surface area is 179 Å². The summed E-state index contributed by atoms with van der Waals surface area (Å²) in [5.74, 6) is -3.54. The quantitative estimate of drug-likeness (QED) is 0.693. The number of hydrogen-bond donors (Lipinski definition) is 2. The van der Waals surface area contributed by atoms with Crippen molar-refractivity contribution in [1.29, 1.82) is 0 Å². The summed E-state index contributed by atoms with van der Waals surface area (Å²) in [5, 5.41) is 14.8. The lowest BCUT2D eigenvalue weighted by Crippen LogP contribution is -2.43. The Balaban J connectivity index is 0.000000469. The maximum atomic E-state index is 12.4. The van der Waals surface area contributed by atoms with E-state index in [4.69, 9.17) is 24.5 Å². The molecular weight excluding hydrogens is 408 g/mol. The van der Waals surface area contributed by atoms with Gasteiger partial charge in [0.25, 0.3) is 0 Å². The Kier molecular flexibility index (Phi) is 9.33. The van der Waals surface area contributed by atoms with Gasteiger partial charge in [0.15, 0.2) is 0 Å². The summed E-state index contributed by atoms with van der Waals surface area (Å²) in [7, 11) is 1.84. The molecule has 0 radical (unpaired) electrons. The minimum absolute atomic E-state index is 0.111. The number of hydrogen-bond acceptors (Lipinski definition) is 6. The summed E-state index contributed by atoms with van der Waals surface area (Å²) in [4.78, 5) is 36.9. The number of rotatable bonds is 5. The molecule has 8 nitrogen and oxygen atoms in total. The molecule has 1 amide bonds. The van der Waals surface area contributed by atoms with E-state index < -0.39 is 11.9 Å². The number of benzene rings is 2. The van der Waals surface area contributed by atoms with Crippen LogP contribution in [0.4, 0.5) is 5.69 Å². The van der Waals surface area contributed by atoms with Crippen molar-refractivity contribution in [2.24, 2.45) is 0 Å². The molecule has 0 spiro atoms. The fourth-order valence-corrected chi connectivity index (χ4v) is 3.40. The predicted molar refractivity (Wildman–Crippen MR) is 113 cm³/mol. The van der Waals surface area contributed by atoms with E-state index in [1.54, 1.807) is 16.7 Å². The molecule has 0 unspecified atom stereocenters. The molecule has 1 heterocycles. The molecule has 160 valence electrons. The fourth-order valence-electron chi connectivity index (χ4n) is 2.56. The number of carbonyl (C=O) groups is 3. The van der Waals surface area contributed by atoms with Gasteiger partial charge in [-0.1, -0.05) is 30.0 Å². The van der Waals surface area contributed by atoms with Crippen LogP contribution in [0.1, 0.15) is 0 Å². The summed E-state index contributed by atoms with van der Waals surface area (Å²) in [5.41, 5.74) is 0.922. The van der Waals surface area contributed by atoms with Crippen LogP contribution in [0.15, 0.2) is 64.4 Å². The first-order chi connectivity index (χ1) is 14.4. The molecule has 0 atom stereocenters. The van der Waals surface area contributed by atoms with Gasteiger partial charge >= 0.3 is 11.9 Å². The average molecular weight is 432 g/mol. The zero-order valence-electron chi connectivity index (χ0n) is 16.6. The van der Waals surface area contributed by atoms with Gasteiger partial charge in [-0.3, -0.25) is 9.69 Å². The Morgan fingerprint density at radius 1 is 0.933 bits per heavy atom. The largest absolute Gasteiger partial charge is 0.473 e. The minimum Gasteiger partial charge on any atom is -0.473 e. The third kappa shape index (κ3) is 7.86. The smallest absolute Gasteiger partial charge is 0.414 e. The molecule has 0 saturated carbocycles. The van der Waals surface area contributed by atoms with Gasteiger partial charge in [-0.2, -0.15) is 0 Å². The molecule has 9 heteroatoms. The second kappa shape index (κ2) is 12.0.